The van der Waals surface area contributed by atoms with Gasteiger partial charge in [-0.3, -0.25) is 0 Å². The summed E-state index contributed by atoms with van der Waals surface area (Å²) in [6, 6.07) is 7.42. The Hall–Kier alpha value is -1.32. The second kappa shape index (κ2) is 4.07. The summed E-state index contributed by atoms with van der Waals surface area (Å²) < 4.78 is 0. The van der Waals surface area contributed by atoms with Gasteiger partial charge < -0.3 is 10.0 Å². The van der Waals surface area contributed by atoms with E-state index in [-0.39, 0.29) is 5.47 Å². The SMILES string of the molecule is C=C(/C=c1/ccccc1=C)B(O)O. The molecule has 0 aliphatic heterocycles. The largest absolute Gasteiger partial charge is 0.487 e. The third-order valence-corrected chi connectivity index (χ3v) is 1.73. The highest BCUT2D eigenvalue weighted by Gasteiger charge is 2.07. The molecule has 1 rings (SSSR count). The summed E-state index contributed by atoms with van der Waals surface area (Å²) >= 11 is 0. The lowest BCUT2D eigenvalue weighted by atomic mass is 9.80. The molecule has 2 nitrogen and oxygen atoms in total. The van der Waals surface area contributed by atoms with E-state index in [0.29, 0.717) is 0 Å². The Morgan fingerprint density at radius 1 is 1.31 bits per heavy atom. The maximum atomic E-state index is 8.78. The summed E-state index contributed by atoms with van der Waals surface area (Å²) in [7, 11) is -1.50. The van der Waals surface area contributed by atoms with Crippen LogP contribution in [0.5, 0.6) is 0 Å². The Bertz CT molecular complexity index is 409. The molecule has 0 aliphatic rings. The van der Waals surface area contributed by atoms with E-state index in [0.717, 1.165) is 10.4 Å². The summed E-state index contributed by atoms with van der Waals surface area (Å²) in [4.78, 5) is 0. The molecule has 1 aromatic carbocycles. The zero-order valence-electron chi connectivity index (χ0n) is 7.27. The van der Waals surface area contributed by atoms with Gasteiger partial charge in [-0.05, 0) is 15.9 Å². The van der Waals surface area contributed by atoms with Crippen LogP contribution in [-0.4, -0.2) is 17.2 Å². The van der Waals surface area contributed by atoms with Gasteiger partial charge in [0.05, 0.1) is 0 Å². The molecule has 13 heavy (non-hydrogen) atoms. The number of rotatable bonds is 2. The number of benzene rings is 1. The van der Waals surface area contributed by atoms with Crippen molar-refractivity contribution in [2.24, 2.45) is 0 Å². The highest BCUT2D eigenvalue weighted by Crippen LogP contribution is 1.91. The van der Waals surface area contributed by atoms with Gasteiger partial charge in [0.1, 0.15) is 0 Å². The van der Waals surface area contributed by atoms with Gasteiger partial charge in [0.2, 0.25) is 0 Å². The van der Waals surface area contributed by atoms with Crippen molar-refractivity contribution in [3.63, 3.8) is 0 Å². The highest BCUT2D eigenvalue weighted by atomic mass is 16.4. The van der Waals surface area contributed by atoms with E-state index in [1.54, 1.807) is 6.08 Å². The maximum absolute atomic E-state index is 8.78. The van der Waals surface area contributed by atoms with E-state index in [4.69, 9.17) is 10.0 Å². The Balaban J connectivity index is 3.16. The summed E-state index contributed by atoms with van der Waals surface area (Å²) in [5.41, 5.74) is 0.260. The molecule has 3 heteroatoms. The lowest BCUT2D eigenvalue weighted by Gasteiger charge is -1.95. The fourth-order valence-corrected chi connectivity index (χ4v) is 0.949. The Morgan fingerprint density at radius 3 is 2.46 bits per heavy atom. The zero-order valence-corrected chi connectivity index (χ0v) is 7.27. The van der Waals surface area contributed by atoms with Crippen LogP contribution in [0.2, 0.25) is 0 Å². The summed E-state index contributed by atoms with van der Waals surface area (Å²) in [5, 5.41) is 19.2. The van der Waals surface area contributed by atoms with Crippen LogP contribution in [0.1, 0.15) is 0 Å². The van der Waals surface area contributed by atoms with Crippen molar-refractivity contribution in [2.45, 2.75) is 0 Å². The molecule has 66 valence electrons. The minimum Gasteiger partial charge on any atom is -0.423 e. The van der Waals surface area contributed by atoms with Crippen molar-refractivity contribution >= 4 is 19.8 Å². The molecule has 0 saturated heterocycles. The van der Waals surface area contributed by atoms with Crippen LogP contribution in [0.15, 0.2) is 36.3 Å². The second-order valence-corrected chi connectivity index (χ2v) is 2.79. The molecule has 0 aliphatic carbocycles. The molecular weight excluding hydrogens is 163 g/mol. The van der Waals surface area contributed by atoms with Crippen LogP contribution < -0.4 is 10.4 Å². The van der Waals surface area contributed by atoms with Gasteiger partial charge in [0.15, 0.2) is 0 Å². The lowest BCUT2D eigenvalue weighted by Crippen LogP contribution is -2.24. The average molecular weight is 174 g/mol. The normalized spacial score (nSPS) is 11.4. The van der Waals surface area contributed by atoms with Gasteiger partial charge >= 0.3 is 7.12 Å². The second-order valence-electron chi connectivity index (χ2n) is 2.79. The molecule has 0 bridgehead atoms. The van der Waals surface area contributed by atoms with Crippen molar-refractivity contribution in [3.8, 4) is 0 Å². The van der Waals surface area contributed by atoms with Gasteiger partial charge in [0, 0.05) is 0 Å². The standard InChI is InChI=1S/C10H11BO2/c1-8-5-3-4-6-10(8)7-9(2)11(12)13/h3-7,12-13H,1-2H2/b10-7-. The molecule has 0 aromatic heterocycles. The quantitative estimate of drug-likeness (QED) is 0.590. The van der Waals surface area contributed by atoms with Gasteiger partial charge in [-0.15, -0.1) is 0 Å². The fraction of sp³-hybridized carbons (Fsp3) is 0. The van der Waals surface area contributed by atoms with Gasteiger partial charge in [-0.25, -0.2) is 0 Å². The van der Waals surface area contributed by atoms with E-state index in [9.17, 15) is 0 Å². The first kappa shape index (κ1) is 9.77. The molecule has 0 unspecified atom stereocenters. The van der Waals surface area contributed by atoms with Crippen molar-refractivity contribution in [1.82, 2.24) is 0 Å². The smallest absolute Gasteiger partial charge is 0.423 e. The molecular formula is C10H11BO2. The summed E-state index contributed by atoms with van der Waals surface area (Å²) in [6.07, 6.45) is 1.60. The van der Waals surface area contributed by atoms with E-state index in [1.165, 1.54) is 0 Å². The van der Waals surface area contributed by atoms with Crippen LogP contribution >= 0.6 is 0 Å². The number of hydrogen-bond acceptors (Lipinski definition) is 2. The summed E-state index contributed by atoms with van der Waals surface area (Å²) in [5.74, 6) is 0. The summed E-state index contributed by atoms with van der Waals surface area (Å²) in [6.45, 7) is 7.30. The van der Waals surface area contributed by atoms with Crippen molar-refractivity contribution in [1.29, 1.82) is 0 Å². The predicted octanol–water partition coefficient (Wildman–Crippen LogP) is -0.554. The molecule has 0 fully saturated rings. The van der Waals surface area contributed by atoms with Crippen LogP contribution in [0, 0.1) is 0 Å². The molecule has 2 N–H and O–H groups in total. The van der Waals surface area contributed by atoms with E-state index in [2.05, 4.69) is 13.2 Å². The Morgan fingerprint density at radius 2 is 1.92 bits per heavy atom. The topological polar surface area (TPSA) is 40.5 Å². The van der Waals surface area contributed by atoms with Crippen molar-refractivity contribution < 1.29 is 10.0 Å². The minimum atomic E-state index is -1.50. The molecule has 0 spiro atoms. The third-order valence-electron chi connectivity index (χ3n) is 1.73. The van der Waals surface area contributed by atoms with Crippen molar-refractivity contribution in [3.05, 3.63) is 46.8 Å². The molecule has 0 atom stereocenters. The lowest BCUT2D eigenvalue weighted by molar-refractivity contribution is 0.421. The van der Waals surface area contributed by atoms with Gasteiger partial charge in [-0.1, -0.05) is 43.5 Å². The van der Waals surface area contributed by atoms with Gasteiger partial charge in [0.25, 0.3) is 0 Å². The Labute approximate surface area is 77.3 Å². The van der Waals surface area contributed by atoms with E-state index >= 15 is 0 Å². The maximum Gasteiger partial charge on any atom is 0.487 e. The molecule has 0 heterocycles. The minimum absolute atomic E-state index is 0.260. The number of hydrogen-bond donors (Lipinski definition) is 2. The van der Waals surface area contributed by atoms with Crippen LogP contribution in [0.25, 0.3) is 12.7 Å². The first-order chi connectivity index (χ1) is 6.11. The monoisotopic (exact) mass is 174 g/mol. The first-order valence-electron chi connectivity index (χ1n) is 3.92. The van der Waals surface area contributed by atoms with Crippen LogP contribution in [0.4, 0.5) is 0 Å². The average Bonchev–Trinajstić information content (AvgIpc) is 2.08. The van der Waals surface area contributed by atoms with Crippen LogP contribution in [0.3, 0.4) is 0 Å². The third kappa shape index (κ3) is 2.58. The van der Waals surface area contributed by atoms with E-state index < -0.39 is 7.12 Å². The molecule has 0 saturated carbocycles. The molecule has 1 aromatic rings. The van der Waals surface area contributed by atoms with Crippen LogP contribution in [-0.2, 0) is 0 Å². The van der Waals surface area contributed by atoms with Gasteiger partial charge in [-0.2, -0.15) is 0 Å². The molecule has 0 radical (unpaired) electrons. The first-order valence-corrected chi connectivity index (χ1v) is 3.92. The Kier molecular flexibility index (Phi) is 3.06. The molecule has 0 amide bonds. The zero-order chi connectivity index (χ0) is 9.84. The van der Waals surface area contributed by atoms with E-state index in [1.807, 2.05) is 24.3 Å². The highest BCUT2D eigenvalue weighted by molar-refractivity contribution is 6.53. The number of allylic oxidation sites excluding steroid dienone is 1. The predicted molar refractivity (Wildman–Crippen MR) is 55.0 cm³/mol. The fourth-order valence-electron chi connectivity index (χ4n) is 0.949. The van der Waals surface area contributed by atoms with Crippen molar-refractivity contribution in [2.75, 3.05) is 0 Å².